The van der Waals surface area contributed by atoms with Gasteiger partial charge < -0.3 is 4.42 Å². The van der Waals surface area contributed by atoms with Crippen LogP contribution in [0.25, 0.3) is 23.3 Å². The zero-order valence-corrected chi connectivity index (χ0v) is 13.2. The second-order valence-electron chi connectivity index (χ2n) is 4.97. The molecule has 0 spiro atoms. The molecule has 0 amide bonds. The van der Waals surface area contributed by atoms with Crippen molar-refractivity contribution in [2.24, 2.45) is 0 Å². The molecule has 4 nitrogen and oxygen atoms in total. The summed E-state index contributed by atoms with van der Waals surface area (Å²) in [5.41, 5.74) is 1.81. The molecule has 0 saturated carbocycles. The van der Waals surface area contributed by atoms with Crippen LogP contribution in [0.3, 0.4) is 0 Å². The Morgan fingerprint density at radius 2 is 1.87 bits per heavy atom. The molecule has 0 bridgehead atoms. The van der Waals surface area contributed by atoms with Crippen molar-refractivity contribution in [2.75, 3.05) is 5.75 Å². The first-order valence-corrected chi connectivity index (χ1v) is 8.70. The molecule has 3 aromatic rings. The number of halogens is 1. The smallest absolute Gasteiger partial charge is 0.220 e. The molecule has 1 heterocycles. The van der Waals surface area contributed by atoms with Crippen molar-refractivity contribution < 1.29 is 17.2 Å². The van der Waals surface area contributed by atoms with Crippen LogP contribution in [0.5, 0.6) is 0 Å². The van der Waals surface area contributed by atoms with E-state index in [1.54, 1.807) is 37.3 Å². The standard InChI is InChI=1S/C17H14FNO3S/c1-2-23(20,21)14-8-9-16-15(11-14)19-17(22-16)10-5-12-3-6-13(18)7-4-12/h3-11H,2H2,1H3/b10-5+. The number of nitrogens with zero attached hydrogens (tertiary/aromatic N) is 1. The van der Waals surface area contributed by atoms with Gasteiger partial charge in [0.1, 0.15) is 11.3 Å². The van der Waals surface area contributed by atoms with Crippen molar-refractivity contribution in [3.8, 4) is 0 Å². The topological polar surface area (TPSA) is 60.2 Å². The summed E-state index contributed by atoms with van der Waals surface area (Å²) in [6.07, 6.45) is 3.40. The molecule has 0 aliphatic heterocycles. The van der Waals surface area contributed by atoms with Crippen molar-refractivity contribution in [3.63, 3.8) is 0 Å². The Morgan fingerprint density at radius 1 is 1.13 bits per heavy atom. The third kappa shape index (κ3) is 3.32. The molecule has 0 aliphatic rings. The lowest BCUT2D eigenvalue weighted by Gasteiger charge is -1.99. The quantitative estimate of drug-likeness (QED) is 0.727. The molecule has 0 aliphatic carbocycles. The Kier molecular flexibility index (Phi) is 4.00. The second kappa shape index (κ2) is 5.96. The zero-order chi connectivity index (χ0) is 16.4. The van der Waals surface area contributed by atoms with Gasteiger partial charge in [-0.15, -0.1) is 0 Å². The van der Waals surface area contributed by atoms with Crippen LogP contribution in [-0.2, 0) is 9.84 Å². The summed E-state index contributed by atoms with van der Waals surface area (Å²) in [6, 6.07) is 10.6. The van der Waals surface area contributed by atoms with E-state index in [4.69, 9.17) is 4.42 Å². The summed E-state index contributed by atoms with van der Waals surface area (Å²) in [4.78, 5) is 4.49. The van der Waals surface area contributed by atoms with Gasteiger partial charge in [0, 0.05) is 6.08 Å². The Hall–Kier alpha value is -2.47. The van der Waals surface area contributed by atoms with Crippen molar-refractivity contribution in [3.05, 3.63) is 59.7 Å². The van der Waals surface area contributed by atoms with E-state index in [2.05, 4.69) is 4.98 Å². The van der Waals surface area contributed by atoms with Crippen LogP contribution >= 0.6 is 0 Å². The predicted molar refractivity (Wildman–Crippen MR) is 87.1 cm³/mol. The number of sulfone groups is 1. The number of hydrogen-bond acceptors (Lipinski definition) is 4. The molecule has 1 aromatic heterocycles. The van der Waals surface area contributed by atoms with E-state index in [-0.39, 0.29) is 16.5 Å². The molecular formula is C17H14FNO3S. The fourth-order valence-corrected chi connectivity index (χ4v) is 3.00. The minimum atomic E-state index is -3.27. The van der Waals surface area contributed by atoms with Gasteiger partial charge in [-0.3, -0.25) is 0 Å². The van der Waals surface area contributed by atoms with Gasteiger partial charge in [0.25, 0.3) is 0 Å². The van der Waals surface area contributed by atoms with E-state index < -0.39 is 9.84 Å². The lowest BCUT2D eigenvalue weighted by Crippen LogP contribution is -2.03. The van der Waals surface area contributed by atoms with E-state index >= 15 is 0 Å². The summed E-state index contributed by atoms with van der Waals surface area (Å²) in [5, 5.41) is 0. The Morgan fingerprint density at radius 3 is 2.57 bits per heavy atom. The van der Waals surface area contributed by atoms with Crippen molar-refractivity contribution in [1.82, 2.24) is 4.98 Å². The maximum atomic E-state index is 12.8. The van der Waals surface area contributed by atoms with Crippen molar-refractivity contribution >= 4 is 33.1 Å². The summed E-state index contributed by atoms with van der Waals surface area (Å²) in [5.74, 6) is 0.0947. The SMILES string of the molecule is CCS(=O)(=O)c1ccc2oc(/C=C/c3ccc(F)cc3)nc2c1. The monoisotopic (exact) mass is 331 g/mol. The molecule has 118 valence electrons. The first kappa shape index (κ1) is 15.4. The third-order valence-corrected chi connectivity index (χ3v) is 5.14. The maximum absolute atomic E-state index is 12.8. The molecule has 0 fully saturated rings. The highest BCUT2D eigenvalue weighted by Gasteiger charge is 2.13. The Balaban J connectivity index is 1.92. The average Bonchev–Trinajstić information content (AvgIpc) is 2.96. The molecule has 0 atom stereocenters. The molecule has 3 rings (SSSR count). The third-order valence-electron chi connectivity index (χ3n) is 3.40. The zero-order valence-electron chi connectivity index (χ0n) is 12.4. The van der Waals surface area contributed by atoms with Crippen LogP contribution in [0.4, 0.5) is 4.39 Å². The highest BCUT2D eigenvalue weighted by molar-refractivity contribution is 7.91. The first-order chi connectivity index (χ1) is 11.0. The van der Waals surface area contributed by atoms with Gasteiger partial charge in [0.15, 0.2) is 15.4 Å². The normalized spacial score (nSPS) is 12.3. The summed E-state index contributed by atoms with van der Waals surface area (Å²) in [7, 11) is -3.27. The summed E-state index contributed by atoms with van der Waals surface area (Å²) < 4.78 is 42.2. The summed E-state index contributed by atoms with van der Waals surface area (Å²) >= 11 is 0. The molecule has 0 N–H and O–H groups in total. The van der Waals surface area contributed by atoms with Gasteiger partial charge in [-0.25, -0.2) is 17.8 Å². The summed E-state index contributed by atoms with van der Waals surface area (Å²) in [6.45, 7) is 1.60. The van der Waals surface area contributed by atoms with Gasteiger partial charge in [-0.05, 0) is 42.0 Å². The maximum Gasteiger partial charge on any atom is 0.220 e. The minimum Gasteiger partial charge on any atom is -0.437 e. The molecular weight excluding hydrogens is 317 g/mol. The molecule has 0 saturated heterocycles. The first-order valence-electron chi connectivity index (χ1n) is 7.05. The lowest BCUT2D eigenvalue weighted by atomic mass is 10.2. The Labute approximate surface area is 133 Å². The van der Waals surface area contributed by atoms with E-state index in [0.717, 1.165) is 5.56 Å². The number of aromatic nitrogens is 1. The Bertz CT molecular complexity index is 973. The highest BCUT2D eigenvalue weighted by Crippen LogP contribution is 2.21. The van der Waals surface area contributed by atoms with Crippen LogP contribution in [0.15, 0.2) is 51.8 Å². The number of benzene rings is 2. The van der Waals surface area contributed by atoms with Gasteiger partial charge in [0.2, 0.25) is 5.89 Å². The molecule has 0 radical (unpaired) electrons. The number of oxazole rings is 1. The molecule has 6 heteroatoms. The lowest BCUT2D eigenvalue weighted by molar-refractivity contribution is 0.589. The van der Waals surface area contributed by atoms with Crippen LogP contribution < -0.4 is 0 Å². The van der Waals surface area contributed by atoms with E-state index in [1.807, 2.05) is 0 Å². The second-order valence-corrected chi connectivity index (χ2v) is 7.25. The predicted octanol–water partition coefficient (Wildman–Crippen LogP) is 3.93. The largest absolute Gasteiger partial charge is 0.437 e. The van der Waals surface area contributed by atoms with Gasteiger partial charge in [-0.1, -0.05) is 19.1 Å². The van der Waals surface area contributed by atoms with Crippen molar-refractivity contribution in [2.45, 2.75) is 11.8 Å². The highest BCUT2D eigenvalue weighted by atomic mass is 32.2. The molecule has 0 unspecified atom stereocenters. The fourth-order valence-electron chi connectivity index (χ4n) is 2.10. The van der Waals surface area contributed by atoms with Crippen LogP contribution in [0.2, 0.25) is 0 Å². The van der Waals surface area contributed by atoms with Crippen LogP contribution in [-0.4, -0.2) is 19.2 Å². The van der Waals surface area contributed by atoms with E-state index in [0.29, 0.717) is 17.0 Å². The molecule has 23 heavy (non-hydrogen) atoms. The van der Waals surface area contributed by atoms with Gasteiger partial charge in [-0.2, -0.15) is 0 Å². The fraction of sp³-hybridized carbons (Fsp3) is 0.118. The minimum absolute atomic E-state index is 0.0354. The van der Waals surface area contributed by atoms with Crippen LogP contribution in [0, 0.1) is 5.82 Å². The molecule has 2 aromatic carbocycles. The van der Waals surface area contributed by atoms with Gasteiger partial charge >= 0.3 is 0 Å². The van der Waals surface area contributed by atoms with Gasteiger partial charge in [0.05, 0.1) is 10.6 Å². The van der Waals surface area contributed by atoms with E-state index in [9.17, 15) is 12.8 Å². The number of hydrogen-bond donors (Lipinski definition) is 0. The average molecular weight is 331 g/mol. The van der Waals surface area contributed by atoms with Crippen molar-refractivity contribution in [1.29, 1.82) is 0 Å². The number of rotatable bonds is 4. The number of fused-ring (bicyclic) bond motifs is 1. The van der Waals surface area contributed by atoms with E-state index in [1.165, 1.54) is 24.3 Å². The van der Waals surface area contributed by atoms with Crippen LogP contribution in [0.1, 0.15) is 18.4 Å².